The van der Waals surface area contributed by atoms with Gasteiger partial charge in [-0.15, -0.1) is 0 Å². The quantitative estimate of drug-likeness (QED) is 0.606. The van der Waals surface area contributed by atoms with Gasteiger partial charge in [-0.25, -0.2) is 0 Å². The Morgan fingerprint density at radius 1 is 1.21 bits per heavy atom. The second kappa shape index (κ2) is 7.67. The van der Waals surface area contributed by atoms with Crippen LogP contribution in [0.1, 0.15) is 50.9 Å². The Bertz CT molecular complexity index is 741. The van der Waals surface area contributed by atoms with Crippen molar-refractivity contribution in [1.82, 2.24) is 10.6 Å². The van der Waals surface area contributed by atoms with Gasteiger partial charge in [0.15, 0.2) is 0 Å². The minimum absolute atomic E-state index is 0.00412. The second-order valence-electron chi connectivity index (χ2n) is 9.03. The van der Waals surface area contributed by atoms with Crippen LogP contribution in [-0.4, -0.2) is 54.3 Å². The van der Waals surface area contributed by atoms with Crippen LogP contribution >= 0.6 is 0 Å². The smallest absolute Gasteiger partial charge is 0.270 e. The summed E-state index contributed by atoms with van der Waals surface area (Å²) in [6.45, 7) is 11.0. The first kappa shape index (κ1) is 20.5. The van der Waals surface area contributed by atoms with Crippen molar-refractivity contribution >= 4 is 17.3 Å². The zero-order chi connectivity index (χ0) is 20.5. The number of hydrogen-bond donors (Lipinski definition) is 2. The number of nitro groups is 1. The molecule has 28 heavy (non-hydrogen) atoms. The summed E-state index contributed by atoms with van der Waals surface area (Å²) >= 11 is 0. The molecule has 2 fully saturated rings. The molecule has 3 rings (SSSR count). The van der Waals surface area contributed by atoms with E-state index < -0.39 is 4.92 Å². The molecule has 8 heteroatoms. The number of hydrogen-bond acceptors (Lipinski definition) is 6. The second-order valence-corrected chi connectivity index (χ2v) is 9.03. The molecule has 2 aliphatic heterocycles. The van der Waals surface area contributed by atoms with E-state index in [1.807, 2.05) is 0 Å². The number of piperidine rings is 1. The predicted molar refractivity (Wildman–Crippen MR) is 108 cm³/mol. The van der Waals surface area contributed by atoms with E-state index in [1.165, 1.54) is 12.1 Å². The van der Waals surface area contributed by atoms with Gasteiger partial charge in [0, 0.05) is 42.3 Å². The fourth-order valence-electron chi connectivity index (χ4n) is 4.59. The Labute approximate surface area is 165 Å². The lowest BCUT2D eigenvalue weighted by Gasteiger charge is -2.46. The molecule has 2 aliphatic rings. The van der Waals surface area contributed by atoms with Gasteiger partial charge in [-0.05, 0) is 46.6 Å². The highest BCUT2D eigenvalue weighted by atomic mass is 16.6. The van der Waals surface area contributed by atoms with E-state index in [-0.39, 0.29) is 28.7 Å². The fraction of sp³-hybridized carbons (Fsp3) is 0.650. The average Bonchev–Trinajstić information content (AvgIpc) is 2.59. The van der Waals surface area contributed by atoms with Crippen molar-refractivity contribution in [1.29, 1.82) is 0 Å². The topological polar surface area (TPSA) is 96.7 Å². The highest BCUT2D eigenvalue weighted by Crippen LogP contribution is 2.30. The Kier molecular flexibility index (Phi) is 5.63. The van der Waals surface area contributed by atoms with Gasteiger partial charge in [0.25, 0.3) is 11.6 Å². The van der Waals surface area contributed by atoms with Crippen LogP contribution < -0.4 is 15.5 Å². The number of nitrogens with zero attached hydrogens (tertiary/aromatic N) is 2. The highest BCUT2D eigenvalue weighted by molar-refractivity contribution is 6.00. The van der Waals surface area contributed by atoms with Gasteiger partial charge in [-0.1, -0.05) is 0 Å². The minimum Gasteiger partial charge on any atom is -0.378 e. The van der Waals surface area contributed by atoms with E-state index in [1.54, 1.807) is 6.07 Å². The van der Waals surface area contributed by atoms with Crippen LogP contribution in [-0.2, 0) is 4.74 Å². The van der Waals surface area contributed by atoms with E-state index >= 15 is 0 Å². The van der Waals surface area contributed by atoms with Crippen LogP contribution in [0.25, 0.3) is 0 Å². The molecule has 8 nitrogen and oxygen atoms in total. The largest absolute Gasteiger partial charge is 0.378 e. The first-order valence-corrected chi connectivity index (χ1v) is 9.78. The lowest BCUT2D eigenvalue weighted by atomic mass is 9.79. The number of nitrogens with one attached hydrogen (secondary N) is 2. The van der Waals surface area contributed by atoms with Gasteiger partial charge in [0.05, 0.1) is 29.4 Å². The van der Waals surface area contributed by atoms with Crippen molar-refractivity contribution in [2.24, 2.45) is 0 Å². The van der Waals surface area contributed by atoms with E-state index in [4.69, 9.17) is 4.74 Å². The van der Waals surface area contributed by atoms with Crippen LogP contribution in [0.5, 0.6) is 0 Å². The molecule has 0 aliphatic carbocycles. The molecule has 0 radical (unpaired) electrons. The molecule has 0 unspecified atom stereocenters. The van der Waals surface area contributed by atoms with E-state index in [0.29, 0.717) is 31.9 Å². The Morgan fingerprint density at radius 3 is 2.39 bits per heavy atom. The first-order chi connectivity index (χ1) is 13.1. The number of rotatable bonds is 4. The molecule has 0 spiro atoms. The Morgan fingerprint density at radius 2 is 1.82 bits per heavy atom. The van der Waals surface area contributed by atoms with Gasteiger partial charge >= 0.3 is 0 Å². The molecule has 2 saturated heterocycles. The summed E-state index contributed by atoms with van der Waals surface area (Å²) < 4.78 is 5.39. The van der Waals surface area contributed by atoms with E-state index in [2.05, 4.69) is 43.2 Å². The number of benzene rings is 1. The normalized spacial score (nSPS) is 21.9. The van der Waals surface area contributed by atoms with Crippen molar-refractivity contribution in [2.45, 2.75) is 57.7 Å². The zero-order valence-electron chi connectivity index (χ0n) is 17.1. The molecule has 2 heterocycles. The summed E-state index contributed by atoms with van der Waals surface area (Å²) in [5, 5.41) is 18.0. The van der Waals surface area contributed by atoms with Crippen molar-refractivity contribution in [3.05, 3.63) is 33.9 Å². The minimum atomic E-state index is -0.462. The molecule has 0 atom stereocenters. The highest BCUT2D eigenvalue weighted by Gasteiger charge is 2.38. The monoisotopic (exact) mass is 390 g/mol. The van der Waals surface area contributed by atoms with Gasteiger partial charge in [-0.3, -0.25) is 14.9 Å². The molecular formula is C20H30N4O4. The third-order valence-electron chi connectivity index (χ3n) is 5.31. The third-order valence-corrected chi connectivity index (χ3v) is 5.31. The average molecular weight is 390 g/mol. The van der Waals surface area contributed by atoms with Gasteiger partial charge < -0.3 is 20.3 Å². The maximum Gasteiger partial charge on any atom is 0.270 e. The maximum atomic E-state index is 13.2. The number of anilines is 1. The molecular weight excluding hydrogens is 360 g/mol. The van der Waals surface area contributed by atoms with Gasteiger partial charge in [-0.2, -0.15) is 0 Å². The van der Waals surface area contributed by atoms with Crippen molar-refractivity contribution in [3.63, 3.8) is 0 Å². The molecule has 0 aromatic heterocycles. The molecule has 0 bridgehead atoms. The molecule has 1 amide bonds. The van der Waals surface area contributed by atoms with Crippen molar-refractivity contribution in [3.8, 4) is 0 Å². The standard InChI is InChI=1S/C20H30N4O4/c1-19(2)12-14(13-20(3,4)22-19)21-18(25)16-11-15(24(26)27)5-6-17(16)23-7-9-28-10-8-23/h5-6,11,14,22H,7-10,12-13H2,1-4H3,(H,21,25). The van der Waals surface area contributed by atoms with E-state index in [0.717, 1.165) is 18.5 Å². The molecule has 154 valence electrons. The summed E-state index contributed by atoms with van der Waals surface area (Å²) in [4.78, 5) is 26.0. The lowest BCUT2D eigenvalue weighted by Crippen LogP contribution is -2.62. The lowest BCUT2D eigenvalue weighted by molar-refractivity contribution is -0.384. The number of non-ortho nitro benzene ring substituents is 1. The first-order valence-electron chi connectivity index (χ1n) is 9.78. The van der Waals surface area contributed by atoms with Crippen molar-refractivity contribution in [2.75, 3.05) is 31.2 Å². The number of morpholine rings is 1. The number of nitro benzene ring substituents is 1. The number of carbonyl (C=O) groups is 1. The van der Waals surface area contributed by atoms with Crippen LogP contribution in [0.4, 0.5) is 11.4 Å². The van der Waals surface area contributed by atoms with Crippen molar-refractivity contribution < 1.29 is 14.5 Å². The fourth-order valence-corrected chi connectivity index (χ4v) is 4.59. The molecule has 1 aromatic rings. The SMILES string of the molecule is CC1(C)CC(NC(=O)c2cc([N+](=O)[O-])ccc2N2CCOCC2)CC(C)(C)N1. The Hall–Kier alpha value is -2.19. The summed E-state index contributed by atoms with van der Waals surface area (Å²) in [6.07, 6.45) is 1.59. The van der Waals surface area contributed by atoms with Gasteiger partial charge in [0.1, 0.15) is 0 Å². The molecule has 1 aromatic carbocycles. The summed E-state index contributed by atoms with van der Waals surface area (Å²) in [5.74, 6) is -0.260. The van der Waals surface area contributed by atoms with Gasteiger partial charge in [0.2, 0.25) is 0 Å². The summed E-state index contributed by atoms with van der Waals surface area (Å²) in [5.41, 5.74) is 0.794. The van der Waals surface area contributed by atoms with Crippen LogP contribution in [0.3, 0.4) is 0 Å². The van der Waals surface area contributed by atoms with Crippen LogP contribution in [0.15, 0.2) is 18.2 Å². The third kappa shape index (κ3) is 4.80. The summed E-state index contributed by atoms with van der Waals surface area (Å²) in [7, 11) is 0. The molecule has 2 N–H and O–H groups in total. The van der Waals surface area contributed by atoms with E-state index in [9.17, 15) is 14.9 Å². The maximum absolute atomic E-state index is 13.2. The number of ether oxygens (including phenoxy) is 1. The number of amides is 1. The molecule has 0 saturated carbocycles. The predicted octanol–water partition coefficient (Wildman–Crippen LogP) is 2.47. The Balaban J connectivity index is 1.86. The van der Waals surface area contributed by atoms with Crippen LogP contribution in [0, 0.1) is 10.1 Å². The number of carbonyl (C=O) groups excluding carboxylic acids is 1. The van der Waals surface area contributed by atoms with Crippen LogP contribution in [0.2, 0.25) is 0 Å². The zero-order valence-corrected chi connectivity index (χ0v) is 17.1. The summed E-state index contributed by atoms with van der Waals surface area (Å²) in [6, 6.07) is 4.51.